The zero-order valence-electron chi connectivity index (χ0n) is 16.4. The van der Waals surface area contributed by atoms with Crippen LogP contribution in [0.15, 0.2) is 35.8 Å². The summed E-state index contributed by atoms with van der Waals surface area (Å²) in [5.74, 6) is 0.147. The number of amides is 3. The Morgan fingerprint density at radius 1 is 1.24 bits per heavy atom. The summed E-state index contributed by atoms with van der Waals surface area (Å²) in [7, 11) is 0. The minimum Gasteiger partial charge on any atom is -0.338 e. The highest BCUT2D eigenvalue weighted by atomic mass is 32.1. The maximum absolute atomic E-state index is 13.0. The monoisotopic (exact) mass is 418 g/mol. The Balaban J connectivity index is 1.21. The van der Waals surface area contributed by atoms with Crippen LogP contribution >= 0.6 is 11.3 Å². The molecule has 1 aliphatic rings. The highest BCUT2D eigenvalue weighted by Gasteiger charge is 2.26. The lowest BCUT2D eigenvalue weighted by atomic mass is 10.00. The van der Waals surface area contributed by atoms with Crippen LogP contribution in [-0.2, 0) is 0 Å². The first kappa shape index (κ1) is 21.2. The molecule has 3 rings (SSSR count). The summed E-state index contributed by atoms with van der Waals surface area (Å²) in [6, 6.07) is 6.20. The summed E-state index contributed by atoms with van der Waals surface area (Å²) in [6.45, 7) is 2.32. The van der Waals surface area contributed by atoms with E-state index in [2.05, 4.69) is 15.6 Å². The van der Waals surface area contributed by atoms with Crippen LogP contribution < -0.4 is 10.6 Å². The molecule has 2 aromatic heterocycles. The molecule has 156 valence electrons. The molecule has 0 saturated carbocycles. The number of carbonyl (C=O) groups excluding carboxylic acids is 2. The Hall–Kier alpha value is -2.48. The van der Waals surface area contributed by atoms with Gasteiger partial charge in [0.2, 0.25) is 5.95 Å². The lowest BCUT2D eigenvalue weighted by Gasteiger charge is -2.15. The van der Waals surface area contributed by atoms with Crippen LogP contribution in [0.2, 0.25) is 0 Å². The number of thiophene rings is 1. The van der Waals surface area contributed by atoms with E-state index in [9.17, 15) is 14.0 Å². The first-order chi connectivity index (χ1) is 14.1. The Kier molecular flexibility index (Phi) is 7.98. The van der Waals surface area contributed by atoms with Gasteiger partial charge in [0.05, 0.1) is 4.88 Å². The van der Waals surface area contributed by atoms with Gasteiger partial charge in [-0.3, -0.25) is 4.79 Å². The summed E-state index contributed by atoms with van der Waals surface area (Å²) < 4.78 is 13.0. The molecule has 8 heteroatoms. The van der Waals surface area contributed by atoms with E-state index in [1.165, 1.54) is 23.6 Å². The Morgan fingerprint density at radius 3 is 2.90 bits per heavy atom. The summed E-state index contributed by atoms with van der Waals surface area (Å²) in [4.78, 5) is 30.4. The third-order valence-electron chi connectivity index (χ3n) is 5.11. The summed E-state index contributed by atoms with van der Waals surface area (Å²) in [5.41, 5.74) is 0.387. The molecule has 0 aliphatic carbocycles. The van der Waals surface area contributed by atoms with Crippen molar-refractivity contribution < 1.29 is 14.0 Å². The van der Waals surface area contributed by atoms with E-state index in [0.29, 0.717) is 18.2 Å². The fourth-order valence-corrected chi connectivity index (χ4v) is 4.27. The largest absolute Gasteiger partial charge is 0.338 e. The third kappa shape index (κ3) is 6.81. The van der Waals surface area contributed by atoms with E-state index < -0.39 is 5.95 Å². The second-order valence-corrected chi connectivity index (χ2v) is 8.28. The van der Waals surface area contributed by atoms with Crippen molar-refractivity contribution in [1.29, 1.82) is 0 Å². The molecule has 3 heterocycles. The molecule has 0 radical (unpaired) electrons. The van der Waals surface area contributed by atoms with Gasteiger partial charge in [-0.15, -0.1) is 11.3 Å². The number of urea groups is 1. The summed E-state index contributed by atoms with van der Waals surface area (Å²) in [5, 5.41) is 7.30. The fraction of sp³-hybridized carbons (Fsp3) is 0.476. The number of nitrogens with zero attached hydrogens (tertiary/aromatic N) is 2. The standard InChI is InChI=1S/C21H27FN4O2S/c22-19-14-17(8-11-23-19)25-21(28)24-10-4-2-1-3-6-16-9-12-26(15-16)20(27)18-7-5-13-29-18/h5,7-8,11,13-14,16H,1-4,6,9-10,12,15H2,(H2,23,24,25,28). The zero-order chi connectivity index (χ0) is 20.5. The average molecular weight is 419 g/mol. The molecule has 0 aromatic carbocycles. The first-order valence-electron chi connectivity index (χ1n) is 10.1. The number of hydrogen-bond acceptors (Lipinski definition) is 4. The average Bonchev–Trinajstić information content (AvgIpc) is 3.39. The Bertz CT molecular complexity index is 800. The molecule has 29 heavy (non-hydrogen) atoms. The van der Waals surface area contributed by atoms with Crippen LogP contribution in [0, 0.1) is 11.9 Å². The van der Waals surface area contributed by atoms with Crippen LogP contribution in [0.1, 0.15) is 48.2 Å². The van der Waals surface area contributed by atoms with Crippen molar-refractivity contribution in [3.05, 3.63) is 46.7 Å². The van der Waals surface area contributed by atoms with Crippen LogP contribution in [0.5, 0.6) is 0 Å². The second-order valence-electron chi connectivity index (χ2n) is 7.33. The number of likely N-dealkylation sites (tertiary alicyclic amines) is 1. The van der Waals surface area contributed by atoms with Gasteiger partial charge in [-0.25, -0.2) is 9.78 Å². The summed E-state index contributed by atoms with van der Waals surface area (Å²) >= 11 is 1.51. The van der Waals surface area contributed by atoms with E-state index in [1.54, 1.807) is 6.07 Å². The number of rotatable bonds is 9. The molecule has 2 aromatic rings. The van der Waals surface area contributed by atoms with Gasteiger partial charge in [-0.1, -0.05) is 25.3 Å². The molecule has 1 unspecified atom stereocenters. The van der Waals surface area contributed by atoms with Crippen molar-refractivity contribution in [3.63, 3.8) is 0 Å². The zero-order valence-corrected chi connectivity index (χ0v) is 17.2. The molecule has 3 amide bonds. The van der Waals surface area contributed by atoms with E-state index >= 15 is 0 Å². The van der Waals surface area contributed by atoms with Gasteiger partial charge in [0, 0.05) is 37.6 Å². The predicted octanol–water partition coefficient (Wildman–Crippen LogP) is 4.52. The lowest BCUT2D eigenvalue weighted by Crippen LogP contribution is -2.29. The topological polar surface area (TPSA) is 74.3 Å². The smallest absolute Gasteiger partial charge is 0.319 e. The minimum atomic E-state index is -0.621. The quantitative estimate of drug-likeness (QED) is 0.465. The number of nitrogens with one attached hydrogen (secondary N) is 2. The van der Waals surface area contributed by atoms with Crippen LogP contribution in [0.3, 0.4) is 0 Å². The van der Waals surface area contributed by atoms with Crippen molar-refractivity contribution >= 4 is 29.0 Å². The Labute approximate surface area is 174 Å². The number of pyridine rings is 1. The maximum Gasteiger partial charge on any atom is 0.319 e. The number of hydrogen-bond donors (Lipinski definition) is 2. The predicted molar refractivity (Wildman–Crippen MR) is 113 cm³/mol. The molecule has 2 N–H and O–H groups in total. The van der Waals surface area contributed by atoms with Crippen LogP contribution in [0.25, 0.3) is 0 Å². The van der Waals surface area contributed by atoms with E-state index in [4.69, 9.17) is 0 Å². The van der Waals surface area contributed by atoms with Gasteiger partial charge in [0.15, 0.2) is 0 Å². The second kappa shape index (κ2) is 10.9. The van der Waals surface area contributed by atoms with E-state index in [1.807, 2.05) is 22.4 Å². The molecular formula is C21H27FN4O2S. The van der Waals surface area contributed by atoms with Crippen molar-refractivity contribution in [2.24, 2.45) is 5.92 Å². The first-order valence-corrected chi connectivity index (χ1v) is 11.0. The van der Waals surface area contributed by atoms with Gasteiger partial charge in [-0.2, -0.15) is 4.39 Å². The molecule has 6 nitrogen and oxygen atoms in total. The Morgan fingerprint density at radius 2 is 2.10 bits per heavy atom. The molecule has 1 fully saturated rings. The van der Waals surface area contributed by atoms with Gasteiger partial charge in [0.25, 0.3) is 5.91 Å². The van der Waals surface area contributed by atoms with Gasteiger partial charge in [-0.05, 0) is 42.7 Å². The number of anilines is 1. The van der Waals surface area contributed by atoms with Crippen LogP contribution in [-0.4, -0.2) is 41.5 Å². The van der Waals surface area contributed by atoms with Crippen molar-refractivity contribution in [3.8, 4) is 0 Å². The van der Waals surface area contributed by atoms with E-state index in [-0.39, 0.29) is 11.9 Å². The normalized spacial score (nSPS) is 16.0. The van der Waals surface area contributed by atoms with Gasteiger partial charge >= 0.3 is 6.03 Å². The van der Waals surface area contributed by atoms with Crippen molar-refractivity contribution in [1.82, 2.24) is 15.2 Å². The van der Waals surface area contributed by atoms with E-state index in [0.717, 1.165) is 56.5 Å². The molecule has 1 aliphatic heterocycles. The highest BCUT2D eigenvalue weighted by molar-refractivity contribution is 7.12. The van der Waals surface area contributed by atoms with Crippen molar-refractivity contribution in [2.45, 2.75) is 38.5 Å². The van der Waals surface area contributed by atoms with Gasteiger partial charge < -0.3 is 15.5 Å². The fourth-order valence-electron chi connectivity index (χ4n) is 3.58. The van der Waals surface area contributed by atoms with Crippen LogP contribution in [0.4, 0.5) is 14.9 Å². The summed E-state index contributed by atoms with van der Waals surface area (Å²) in [6.07, 6.45) is 7.78. The lowest BCUT2D eigenvalue weighted by molar-refractivity contribution is 0.0791. The number of halogens is 1. The third-order valence-corrected chi connectivity index (χ3v) is 5.97. The number of unbranched alkanes of at least 4 members (excludes halogenated alkanes) is 3. The van der Waals surface area contributed by atoms with Crippen molar-refractivity contribution in [2.75, 3.05) is 25.0 Å². The molecule has 0 bridgehead atoms. The highest BCUT2D eigenvalue weighted by Crippen LogP contribution is 2.24. The molecule has 1 saturated heterocycles. The SMILES string of the molecule is O=C(NCCCCCCC1CCN(C(=O)c2cccs2)C1)Nc1ccnc(F)c1. The molecule has 0 spiro atoms. The molecular weight excluding hydrogens is 391 g/mol. The minimum absolute atomic E-state index is 0.168. The maximum atomic E-state index is 13.0. The molecule has 1 atom stereocenters. The number of carbonyl (C=O) groups is 2. The number of aromatic nitrogens is 1. The van der Waals surface area contributed by atoms with Gasteiger partial charge in [0.1, 0.15) is 0 Å².